The molecule has 1 aliphatic rings. The van der Waals surface area contributed by atoms with Gasteiger partial charge in [0.2, 0.25) is 0 Å². The van der Waals surface area contributed by atoms with Crippen molar-refractivity contribution >= 4 is 0 Å². The maximum absolute atomic E-state index is 13.9. The molecule has 0 radical (unpaired) electrons. The summed E-state index contributed by atoms with van der Waals surface area (Å²) in [6.45, 7) is 0. The summed E-state index contributed by atoms with van der Waals surface area (Å²) in [4.78, 5) is 0. The minimum Gasteiger partial charge on any atom is -0.494 e. The molecule has 0 aliphatic heterocycles. The van der Waals surface area contributed by atoms with Gasteiger partial charge in [0, 0.05) is 12.0 Å². The van der Waals surface area contributed by atoms with Gasteiger partial charge < -0.3 is 10.5 Å². The predicted octanol–water partition coefficient (Wildman–Crippen LogP) is 2.43. The van der Waals surface area contributed by atoms with E-state index in [0.717, 1.165) is 19.3 Å². The third-order valence-electron chi connectivity index (χ3n) is 3.18. The largest absolute Gasteiger partial charge is 0.494 e. The highest BCUT2D eigenvalue weighted by Crippen LogP contribution is 2.36. The minimum atomic E-state index is -0.248. The van der Waals surface area contributed by atoms with Crippen LogP contribution in [-0.4, -0.2) is 13.2 Å². The predicted molar refractivity (Wildman–Crippen MR) is 57.5 cm³/mol. The molecule has 82 valence electrons. The Labute approximate surface area is 89.2 Å². The second-order valence-electron chi connectivity index (χ2n) is 4.06. The average molecular weight is 209 g/mol. The molecular formula is C12H16FNO. The highest BCUT2D eigenvalue weighted by Gasteiger charge is 2.28. The summed E-state index contributed by atoms with van der Waals surface area (Å²) in [6, 6.07) is 5.36. The Hall–Kier alpha value is -1.09. The molecular weight excluding hydrogens is 193 g/mol. The van der Waals surface area contributed by atoms with Gasteiger partial charge in [-0.3, -0.25) is 0 Å². The summed E-state index contributed by atoms with van der Waals surface area (Å²) in [7, 11) is 1.48. The highest BCUT2D eigenvalue weighted by molar-refractivity contribution is 5.34. The van der Waals surface area contributed by atoms with Crippen LogP contribution in [0.3, 0.4) is 0 Å². The molecule has 1 aromatic rings. The monoisotopic (exact) mass is 209 g/mol. The van der Waals surface area contributed by atoms with Crippen LogP contribution in [0, 0.1) is 5.82 Å². The summed E-state index contributed by atoms with van der Waals surface area (Å²) in [5.41, 5.74) is 6.67. The molecule has 0 spiro atoms. The summed E-state index contributed by atoms with van der Waals surface area (Å²) in [5.74, 6) is 0.217. The van der Waals surface area contributed by atoms with Gasteiger partial charge in [0.25, 0.3) is 0 Å². The zero-order valence-electron chi connectivity index (χ0n) is 8.87. The molecule has 2 N–H and O–H groups in total. The third kappa shape index (κ3) is 1.84. The van der Waals surface area contributed by atoms with Crippen molar-refractivity contribution in [2.24, 2.45) is 5.73 Å². The van der Waals surface area contributed by atoms with Crippen molar-refractivity contribution in [1.82, 2.24) is 0 Å². The normalized spacial score (nSPS) is 25.5. The van der Waals surface area contributed by atoms with Crippen molar-refractivity contribution in [1.29, 1.82) is 0 Å². The van der Waals surface area contributed by atoms with Crippen molar-refractivity contribution in [3.8, 4) is 5.75 Å². The Balaban J connectivity index is 2.35. The summed E-state index contributed by atoms with van der Waals surface area (Å²) in [6.07, 6.45) is 3.05. The van der Waals surface area contributed by atoms with Crippen LogP contribution >= 0.6 is 0 Å². The van der Waals surface area contributed by atoms with Crippen molar-refractivity contribution in [2.45, 2.75) is 31.2 Å². The lowest BCUT2D eigenvalue weighted by Crippen LogP contribution is -2.23. The van der Waals surface area contributed by atoms with Gasteiger partial charge in [0.15, 0.2) is 11.6 Å². The van der Waals surface area contributed by atoms with Crippen LogP contribution in [0.4, 0.5) is 4.39 Å². The van der Waals surface area contributed by atoms with Crippen LogP contribution in [0.2, 0.25) is 0 Å². The first kappa shape index (κ1) is 10.4. The van der Waals surface area contributed by atoms with Crippen molar-refractivity contribution in [2.75, 3.05) is 7.11 Å². The zero-order valence-corrected chi connectivity index (χ0v) is 8.87. The first-order valence-corrected chi connectivity index (χ1v) is 5.32. The van der Waals surface area contributed by atoms with Crippen molar-refractivity contribution in [3.05, 3.63) is 29.6 Å². The maximum atomic E-state index is 13.9. The quantitative estimate of drug-likeness (QED) is 0.811. The van der Waals surface area contributed by atoms with E-state index in [9.17, 15) is 4.39 Å². The van der Waals surface area contributed by atoms with E-state index in [0.29, 0.717) is 11.3 Å². The molecule has 0 aromatic heterocycles. The lowest BCUT2D eigenvalue weighted by molar-refractivity contribution is 0.381. The average Bonchev–Trinajstić information content (AvgIpc) is 2.65. The van der Waals surface area contributed by atoms with Gasteiger partial charge in [-0.1, -0.05) is 18.6 Å². The summed E-state index contributed by atoms with van der Waals surface area (Å²) >= 11 is 0. The van der Waals surface area contributed by atoms with E-state index in [2.05, 4.69) is 0 Å². The molecule has 15 heavy (non-hydrogen) atoms. The van der Waals surface area contributed by atoms with E-state index < -0.39 is 0 Å². The van der Waals surface area contributed by atoms with Crippen LogP contribution in [0.5, 0.6) is 5.75 Å². The molecule has 1 saturated carbocycles. The van der Waals surface area contributed by atoms with Crippen LogP contribution in [0.1, 0.15) is 30.7 Å². The molecule has 0 saturated heterocycles. The Morgan fingerprint density at radius 3 is 2.80 bits per heavy atom. The van der Waals surface area contributed by atoms with Gasteiger partial charge in [0.1, 0.15) is 0 Å². The Bertz CT molecular complexity index is 353. The number of ether oxygens (including phenoxy) is 1. The topological polar surface area (TPSA) is 35.2 Å². The molecule has 0 bridgehead atoms. The van der Waals surface area contributed by atoms with Crippen LogP contribution < -0.4 is 10.5 Å². The number of nitrogens with two attached hydrogens (primary N) is 1. The Kier molecular flexibility index (Phi) is 2.91. The molecule has 1 aromatic carbocycles. The number of hydrogen-bond donors (Lipinski definition) is 1. The Morgan fingerprint density at radius 2 is 2.20 bits per heavy atom. The fourth-order valence-corrected chi connectivity index (χ4v) is 2.35. The van der Waals surface area contributed by atoms with Crippen LogP contribution in [-0.2, 0) is 0 Å². The highest BCUT2D eigenvalue weighted by atomic mass is 19.1. The number of methoxy groups -OCH3 is 1. The second-order valence-corrected chi connectivity index (χ2v) is 4.06. The van der Waals surface area contributed by atoms with Gasteiger partial charge in [-0.05, 0) is 24.5 Å². The van der Waals surface area contributed by atoms with E-state index in [4.69, 9.17) is 10.5 Å². The van der Waals surface area contributed by atoms with Crippen molar-refractivity contribution in [3.63, 3.8) is 0 Å². The van der Waals surface area contributed by atoms with E-state index in [1.165, 1.54) is 7.11 Å². The van der Waals surface area contributed by atoms with E-state index in [1.54, 1.807) is 6.07 Å². The Morgan fingerprint density at radius 1 is 1.40 bits per heavy atom. The zero-order chi connectivity index (χ0) is 10.8. The number of halogens is 1. The summed E-state index contributed by atoms with van der Waals surface area (Å²) in [5, 5.41) is 0. The number of rotatable bonds is 2. The van der Waals surface area contributed by atoms with Gasteiger partial charge in [-0.2, -0.15) is 0 Å². The lowest BCUT2D eigenvalue weighted by Gasteiger charge is -2.17. The molecule has 0 amide bonds. The summed E-state index contributed by atoms with van der Waals surface area (Å²) < 4.78 is 18.9. The minimum absolute atomic E-state index is 0.0895. The molecule has 2 unspecified atom stereocenters. The smallest absolute Gasteiger partial charge is 0.168 e. The first-order valence-electron chi connectivity index (χ1n) is 5.32. The maximum Gasteiger partial charge on any atom is 0.168 e. The van der Waals surface area contributed by atoms with Gasteiger partial charge in [0.05, 0.1) is 7.11 Å². The molecule has 1 fully saturated rings. The van der Waals surface area contributed by atoms with E-state index >= 15 is 0 Å². The van der Waals surface area contributed by atoms with Crippen LogP contribution in [0.15, 0.2) is 18.2 Å². The van der Waals surface area contributed by atoms with Gasteiger partial charge in [-0.15, -0.1) is 0 Å². The number of benzene rings is 1. The molecule has 0 heterocycles. The molecule has 2 nitrogen and oxygen atoms in total. The number of hydrogen-bond acceptors (Lipinski definition) is 2. The fraction of sp³-hybridized carbons (Fsp3) is 0.500. The molecule has 2 rings (SSSR count). The molecule has 1 aliphatic carbocycles. The first-order chi connectivity index (χ1) is 7.24. The van der Waals surface area contributed by atoms with Gasteiger partial charge >= 0.3 is 0 Å². The third-order valence-corrected chi connectivity index (χ3v) is 3.18. The van der Waals surface area contributed by atoms with Crippen molar-refractivity contribution < 1.29 is 9.13 Å². The fourth-order valence-electron chi connectivity index (χ4n) is 2.35. The molecule has 3 heteroatoms. The standard InChI is InChI=1S/C12H16FNO/c1-15-11-7-3-5-9(12(11)13)8-4-2-6-10(8)14/h3,5,7-8,10H,2,4,6,14H2,1H3. The van der Waals surface area contributed by atoms with E-state index in [-0.39, 0.29) is 17.8 Å². The molecule has 2 atom stereocenters. The lowest BCUT2D eigenvalue weighted by atomic mass is 9.94. The van der Waals surface area contributed by atoms with Crippen LogP contribution in [0.25, 0.3) is 0 Å². The SMILES string of the molecule is COc1cccc(C2CCCC2N)c1F. The van der Waals surface area contributed by atoms with Gasteiger partial charge in [-0.25, -0.2) is 4.39 Å². The van der Waals surface area contributed by atoms with E-state index in [1.807, 2.05) is 12.1 Å². The second kappa shape index (κ2) is 4.19.